The van der Waals surface area contributed by atoms with Crippen molar-refractivity contribution in [2.75, 3.05) is 25.6 Å². The number of nitro groups is 1. The Labute approximate surface area is 164 Å². The number of nitrogens with zero attached hydrogens (tertiary/aromatic N) is 2. The van der Waals surface area contributed by atoms with Crippen molar-refractivity contribution in [2.24, 2.45) is 23.2 Å². The standard InChI is InChI=1S/C21H26N2O5/c1-22(2)18-4-3-16(23(26)27)8-17(18)20(25)28-12-19(24)21-9-13-5-14(10-21)7-15(6-13)11-21/h3-4,8,13-15H,5-7,9-12H2,1-2H3. The Morgan fingerprint density at radius 1 is 1.14 bits per heavy atom. The van der Waals surface area contributed by atoms with Crippen LogP contribution < -0.4 is 4.90 Å². The highest BCUT2D eigenvalue weighted by Crippen LogP contribution is 2.60. The van der Waals surface area contributed by atoms with Crippen LogP contribution in [0.1, 0.15) is 48.9 Å². The van der Waals surface area contributed by atoms with Crippen molar-refractivity contribution in [2.45, 2.75) is 38.5 Å². The molecule has 0 heterocycles. The van der Waals surface area contributed by atoms with E-state index in [0.717, 1.165) is 19.3 Å². The Balaban J connectivity index is 1.48. The molecule has 1 aromatic rings. The summed E-state index contributed by atoms with van der Waals surface area (Å²) in [5, 5.41) is 11.1. The van der Waals surface area contributed by atoms with Gasteiger partial charge in [-0.15, -0.1) is 0 Å². The van der Waals surface area contributed by atoms with Crippen molar-refractivity contribution in [1.82, 2.24) is 0 Å². The molecule has 4 fully saturated rings. The monoisotopic (exact) mass is 386 g/mol. The highest BCUT2D eigenvalue weighted by Gasteiger charge is 2.54. The van der Waals surface area contributed by atoms with E-state index in [0.29, 0.717) is 23.4 Å². The van der Waals surface area contributed by atoms with E-state index in [1.54, 1.807) is 19.0 Å². The first-order valence-electron chi connectivity index (χ1n) is 9.93. The fraction of sp³-hybridized carbons (Fsp3) is 0.619. The summed E-state index contributed by atoms with van der Waals surface area (Å²) >= 11 is 0. The van der Waals surface area contributed by atoms with Gasteiger partial charge in [-0.1, -0.05) is 0 Å². The quantitative estimate of drug-likeness (QED) is 0.421. The number of ether oxygens (including phenoxy) is 1. The largest absolute Gasteiger partial charge is 0.454 e. The molecule has 7 nitrogen and oxygen atoms in total. The molecule has 4 aliphatic rings. The van der Waals surface area contributed by atoms with E-state index >= 15 is 0 Å². The second kappa shape index (κ2) is 6.87. The molecule has 0 saturated heterocycles. The minimum absolute atomic E-state index is 0.0248. The maximum atomic E-state index is 13.0. The van der Waals surface area contributed by atoms with Crippen LogP contribution in [0.5, 0.6) is 0 Å². The maximum Gasteiger partial charge on any atom is 0.340 e. The third-order valence-corrected chi connectivity index (χ3v) is 6.86. The molecule has 4 bridgehead atoms. The molecule has 7 heteroatoms. The van der Waals surface area contributed by atoms with Gasteiger partial charge in [0, 0.05) is 31.6 Å². The van der Waals surface area contributed by atoms with Gasteiger partial charge < -0.3 is 9.64 Å². The average molecular weight is 386 g/mol. The first-order valence-corrected chi connectivity index (χ1v) is 9.93. The van der Waals surface area contributed by atoms with Crippen molar-refractivity contribution in [1.29, 1.82) is 0 Å². The van der Waals surface area contributed by atoms with Crippen LogP contribution in [-0.4, -0.2) is 37.4 Å². The Morgan fingerprint density at radius 2 is 1.71 bits per heavy atom. The second-order valence-corrected chi connectivity index (χ2v) is 9.05. The summed E-state index contributed by atoms with van der Waals surface area (Å²) in [6, 6.07) is 4.09. The third-order valence-electron chi connectivity index (χ3n) is 6.86. The molecule has 0 aliphatic heterocycles. The van der Waals surface area contributed by atoms with Crippen LogP contribution in [0.3, 0.4) is 0 Å². The van der Waals surface area contributed by atoms with Gasteiger partial charge in [-0.25, -0.2) is 4.79 Å². The van der Waals surface area contributed by atoms with E-state index in [4.69, 9.17) is 4.74 Å². The fourth-order valence-corrected chi connectivity index (χ4v) is 6.01. The molecule has 0 aromatic heterocycles. The number of benzene rings is 1. The van der Waals surface area contributed by atoms with E-state index in [1.165, 1.54) is 37.5 Å². The molecule has 0 atom stereocenters. The summed E-state index contributed by atoms with van der Waals surface area (Å²) in [6.45, 7) is -0.249. The predicted molar refractivity (Wildman–Crippen MR) is 103 cm³/mol. The molecule has 0 spiro atoms. The summed E-state index contributed by atoms with van der Waals surface area (Å²) in [5.74, 6) is 1.26. The van der Waals surface area contributed by atoms with Gasteiger partial charge in [0.05, 0.1) is 16.2 Å². The number of non-ortho nitro benzene ring substituents is 1. The minimum Gasteiger partial charge on any atom is -0.454 e. The van der Waals surface area contributed by atoms with Crippen LogP contribution in [0.2, 0.25) is 0 Å². The highest BCUT2D eigenvalue weighted by atomic mass is 16.6. The smallest absolute Gasteiger partial charge is 0.340 e. The zero-order chi connectivity index (χ0) is 20.1. The molecule has 0 amide bonds. The van der Waals surface area contributed by atoms with E-state index < -0.39 is 10.9 Å². The van der Waals surface area contributed by atoms with E-state index in [9.17, 15) is 19.7 Å². The van der Waals surface area contributed by atoms with Crippen molar-refractivity contribution in [3.05, 3.63) is 33.9 Å². The lowest BCUT2D eigenvalue weighted by Gasteiger charge is -2.55. The van der Waals surface area contributed by atoms with Crippen molar-refractivity contribution in [3.8, 4) is 0 Å². The van der Waals surface area contributed by atoms with Gasteiger partial charge in [-0.05, 0) is 62.3 Å². The zero-order valence-electron chi connectivity index (χ0n) is 16.3. The molecule has 4 aliphatic carbocycles. The Kier molecular flexibility index (Phi) is 4.63. The van der Waals surface area contributed by atoms with Gasteiger partial charge in [0.25, 0.3) is 5.69 Å². The molecule has 150 valence electrons. The number of hydrogen-bond donors (Lipinski definition) is 0. The molecule has 0 unspecified atom stereocenters. The van der Waals surface area contributed by atoms with E-state index in [-0.39, 0.29) is 29.1 Å². The molecule has 1 aromatic carbocycles. The summed E-state index contributed by atoms with van der Waals surface area (Å²) in [4.78, 5) is 37.9. The number of esters is 1. The van der Waals surface area contributed by atoms with E-state index in [1.807, 2.05) is 0 Å². The van der Waals surface area contributed by atoms with Gasteiger partial charge in [0.15, 0.2) is 12.4 Å². The molecule has 0 N–H and O–H groups in total. The van der Waals surface area contributed by atoms with Gasteiger partial charge in [0.1, 0.15) is 0 Å². The van der Waals surface area contributed by atoms with Crippen LogP contribution in [-0.2, 0) is 9.53 Å². The molecule has 28 heavy (non-hydrogen) atoms. The van der Waals surface area contributed by atoms with Crippen LogP contribution in [0.4, 0.5) is 11.4 Å². The van der Waals surface area contributed by atoms with Gasteiger partial charge >= 0.3 is 5.97 Å². The summed E-state index contributed by atoms with van der Waals surface area (Å²) in [5.41, 5.74) is 0.141. The molecular weight excluding hydrogens is 360 g/mol. The molecule has 4 saturated carbocycles. The normalized spacial score (nSPS) is 30.1. The Hall–Kier alpha value is -2.44. The van der Waals surface area contributed by atoms with Gasteiger partial charge in [-0.2, -0.15) is 0 Å². The maximum absolute atomic E-state index is 13.0. The van der Waals surface area contributed by atoms with Crippen molar-refractivity contribution in [3.63, 3.8) is 0 Å². The average Bonchev–Trinajstić information content (AvgIpc) is 2.64. The van der Waals surface area contributed by atoms with E-state index in [2.05, 4.69) is 0 Å². The Bertz CT molecular complexity index is 797. The highest BCUT2D eigenvalue weighted by molar-refractivity contribution is 5.98. The first kappa shape index (κ1) is 18.9. The van der Waals surface area contributed by atoms with Crippen LogP contribution in [0, 0.1) is 33.3 Å². The van der Waals surface area contributed by atoms with Crippen LogP contribution in [0.25, 0.3) is 0 Å². The number of carbonyl (C=O) groups is 2. The van der Waals surface area contributed by atoms with Gasteiger partial charge in [-0.3, -0.25) is 14.9 Å². The predicted octanol–water partition coefficient (Wildman–Crippen LogP) is 3.60. The lowest BCUT2D eigenvalue weighted by molar-refractivity contribution is -0.384. The lowest BCUT2D eigenvalue weighted by atomic mass is 9.48. The first-order chi connectivity index (χ1) is 13.3. The fourth-order valence-electron chi connectivity index (χ4n) is 6.01. The number of rotatable bonds is 6. The number of hydrogen-bond acceptors (Lipinski definition) is 6. The number of anilines is 1. The summed E-state index contributed by atoms with van der Waals surface area (Å²) in [6.07, 6.45) is 6.50. The number of Topliss-reactive ketones (excluding diaryl/α,β-unsaturated/α-hetero) is 1. The third kappa shape index (κ3) is 3.27. The van der Waals surface area contributed by atoms with Crippen molar-refractivity contribution < 1.29 is 19.2 Å². The summed E-state index contributed by atoms with van der Waals surface area (Å²) < 4.78 is 5.37. The SMILES string of the molecule is CN(C)c1ccc([N+](=O)[O-])cc1C(=O)OCC(=O)C12CC3CC(CC(C3)C1)C2. The molecule has 0 radical (unpaired) electrons. The molecule has 5 rings (SSSR count). The van der Waals surface area contributed by atoms with Crippen LogP contribution in [0.15, 0.2) is 18.2 Å². The number of nitro benzene ring substituents is 1. The number of carbonyl (C=O) groups excluding carboxylic acids is 2. The lowest BCUT2D eigenvalue weighted by Crippen LogP contribution is -2.51. The minimum atomic E-state index is -0.689. The second-order valence-electron chi connectivity index (χ2n) is 9.05. The Morgan fingerprint density at radius 3 is 2.21 bits per heavy atom. The van der Waals surface area contributed by atoms with Crippen LogP contribution >= 0.6 is 0 Å². The van der Waals surface area contributed by atoms with Crippen molar-refractivity contribution >= 4 is 23.1 Å². The topological polar surface area (TPSA) is 89.8 Å². The van der Waals surface area contributed by atoms with Gasteiger partial charge in [0.2, 0.25) is 0 Å². The zero-order valence-corrected chi connectivity index (χ0v) is 16.3. The number of ketones is 1. The molecular formula is C21H26N2O5. The summed E-state index contributed by atoms with van der Waals surface area (Å²) in [7, 11) is 3.50.